The van der Waals surface area contributed by atoms with Gasteiger partial charge in [-0.2, -0.15) is 0 Å². The van der Waals surface area contributed by atoms with E-state index in [1.165, 1.54) is 24.3 Å². The Hall–Kier alpha value is -1.89. The van der Waals surface area contributed by atoms with Crippen molar-refractivity contribution in [1.29, 1.82) is 0 Å². The molecule has 0 fully saturated rings. The van der Waals surface area contributed by atoms with E-state index in [-0.39, 0.29) is 23.8 Å². The smallest absolute Gasteiger partial charge is 0.240 e. The zero-order chi connectivity index (χ0) is 19.2. The summed E-state index contributed by atoms with van der Waals surface area (Å²) in [4.78, 5) is 12.4. The molecule has 0 aliphatic heterocycles. The van der Waals surface area contributed by atoms with Crippen LogP contribution in [0.3, 0.4) is 0 Å². The van der Waals surface area contributed by atoms with Crippen LogP contribution in [0.2, 0.25) is 5.02 Å². The van der Waals surface area contributed by atoms with E-state index in [2.05, 4.69) is 10.0 Å². The summed E-state index contributed by atoms with van der Waals surface area (Å²) in [7, 11) is -3.66. The van der Waals surface area contributed by atoms with E-state index in [1.807, 2.05) is 32.0 Å². The Morgan fingerprint density at radius 3 is 2.12 bits per heavy atom. The molecular weight excluding hydrogens is 372 g/mol. The molecule has 1 amide bonds. The van der Waals surface area contributed by atoms with Gasteiger partial charge in [-0.25, -0.2) is 13.1 Å². The lowest BCUT2D eigenvalue weighted by molar-refractivity contribution is -0.116. The minimum atomic E-state index is -3.66. The molecule has 0 aliphatic carbocycles. The number of amides is 1. The Morgan fingerprint density at radius 1 is 1.00 bits per heavy atom. The van der Waals surface area contributed by atoms with Crippen molar-refractivity contribution in [3.63, 3.8) is 0 Å². The van der Waals surface area contributed by atoms with Crippen LogP contribution in [0.4, 0.5) is 5.69 Å². The van der Waals surface area contributed by atoms with Crippen LogP contribution in [0.15, 0.2) is 47.4 Å². The number of carbonyl (C=O) groups excluding carboxylic acids is 1. The number of sulfonamides is 1. The van der Waals surface area contributed by atoms with Crippen LogP contribution in [-0.4, -0.2) is 20.9 Å². The zero-order valence-electron chi connectivity index (χ0n) is 14.9. The van der Waals surface area contributed by atoms with E-state index < -0.39 is 10.0 Å². The first-order chi connectivity index (χ1) is 12.4. The lowest BCUT2D eigenvalue weighted by Crippen LogP contribution is -2.28. The van der Waals surface area contributed by atoms with E-state index in [0.717, 1.165) is 29.7 Å². The van der Waals surface area contributed by atoms with Gasteiger partial charge in [0.1, 0.15) is 0 Å². The Kier molecular flexibility index (Phi) is 7.20. The summed E-state index contributed by atoms with van der Waals surface area (Å²) in [6.45, 7) is 4.09. The molecule has 2 rings (SSSR count). The highest BCUT2D eigenvalue weighted by Gasteiger charge is 2.15. The summed E-state index contributed by atoms with van der Waals surface area (Å²) < 4.78 is 26.8. The number of hydrogen-bond acceptors (Lipinski definition) is 3. The minimum absolute atomic E-state index is 0.0204. The summed E-state index contributed by atoms with van der Waals surface area (Å²) in [5.41, 5.74) is 2.97. The highest BCUT2D eigenvalue weighted by Crippen LogP contribution is 2.22. The number of benzene rings is 2. The number of halogens is 1. The van der Waals surface area contributed by atoms with Crippen molar-refractivity contribution in [3.8, 4) is 0 Å². The Labute approximate surface area is 159 Å². The van der Waals surface area contributed by atoms with Crippen LogP contribution in [0.25, 0.3) is 0 Å². The van der Waals surface area contributed by atoms with Gasteiger partial charge in [-0.05, 0) is 48.2 Å². The third-order valence-electron chi connectivity index (χ3n) is 4.03. The summed E-state index contributed by atoms with van der Waals surface area (Å²) in [6.07, 6.45) is 1.67. The molecule has 0 aliphatic rings. The average molecular weight is 395 g/mol. The predicted molar refractivity (Wildman–Crippen MR) is 105 cm³/mol. The van der Waals surface area contributed by atoms with Gasteiger partial charge in [0.2, 0.25) is 15.9 Å². The molecule has 140 valence electrons. The lowest BCUT2D eigenvalue weighted by Gasteiger charge is -2.14. The largest absolute Gasteiger partial charge is 0.326 e. The highest BCUT2D eigenvalue weighted by atomic mass is 35.5. The molecule has 0 bridgehead atoms. The average Bonchev–Trinajstić information content (AvgIpc) is 2.62. The van der Waals surface area contributed by atoms with Crippen LogP contribution in [-0.2, 0) is 27.7 Å². The number of nitrogens with one attached hydrogen (secondary N) is 2. The first-order valence-electron chi connectivity index (χ1n) is 8.53. The molecule has 0 radical (unpaired) electrons. The van der Waals surface area contributed by atoms with Crippen molar-refractivity contribution in [3.05, 3.63) is 58.6 Å². The van der Waals surface area contributed by atoms with Gasteiger partial charge in [-0.3, -0.25) is 4.79 Å². The topological polar surface area (TPSA) is 75.3 Å². The monoisotopic (exact) mass is 394 g/mol. The zero-order valence-corrected chi connectivity index (χ0v) is 16.5. The lowest BCUT2D eigenvalue weighted by atomic mass is 10.0. The predicted octanol–water partition coefficient (Wildman–Crippen LogP) is 3.77. The number of aryl methyl sites for hydroxylation is 2. The second-order valence-corrected chi connectivity index (χ2v) is 8.01. The minimum Gasteiger partial charge on any atom is -0.326 e. The highest BCUT2D eigenvalue weighted by molar-refractivity contribution is 7.89. The molecule has 2 aromatic carbocycles. The third-order valence-corrected chi connectivity index (χ3v) is 5.76. The molecule has 0 spiro atoms. The maximum absolute atomic E-state index is 12.3. The van der Waals surface area contributed by atoms with Gasteiger partial charge in [0.25, 0.3) is 0 Å². The normalized spacial score (nSPS) is 11.3. The molecule has 0 unspecified atom stereocenters. The second kappa shape index (κ2) is 9.16. The van der Waals surface area contributed by atoms with Crippen LogP contribution < -0.4 is 10.0 Å². The molecule has 0 saturated heterocycles. The van der Waals surface area contributed by atoms with Crippen molar-refractivity contribution in [2.75, 3.05) is 11.9 Å². The quantitative estimate of drug-likeness (QED) is 0.715. The van der Waals surface area contributed by atoms with Crippen molar-refractivity contribution in [2.45, 2.75) is 38.0 Å². The van der Waals surface area contributed by atoms with E-state index in [1.54, 1.807) is 0 Å². The molecule has 2 N–H and O–H groups in total. The van der Waals surface area contributed by atoms with Crippen LogP contribution in [0, 0.1) is 0 Å². The van der Waals surface area contributed by atoms with Crippen molar-refractivity contribution >= 4 is 33.2 Å². The maximum atomic E-state index is 12.3. The summed E-state index contributed by atoms with van der Waals surface area (Å²) in [5.74, 6) is -0.223. The SMILES string of the molecule is CCc1cccc(CC)c1NC(=O)CCNS(=O)(=O)c1ccc(Cl)cc1. The maximum Gasteiger partial charge on any atom is 0.240 e. The van der Waals surface area contributed by atoms with Gasteiger partial charge in [0, 0.05) is 23.7 Å². The third kappa shape index (κ3) is 5.30. The van der Waals surface area contributed by atoms with Crippen LogP contribution in [0.1, 0.15) is 31.4 Å². The Balaban J connectivity index is 1.96. The molecule has 5 nitrogen and oxygen atoms in total. The number of para-hydroxylation sites is 1. The standard InChI is InChI=1S/C19H23ClN2O3S/c1-3-14-6-5-7-15(4-2)19(14)22-18(23)12-13-21-26(24,25)17-10-8-16(20)9-11-17/h5-11,21H,3-4,12-13H2,1-2H3,(H,22,23). The molecule has 2 aromatic rings. The molecule has 0 aromatic heterocycles. The first-order valence-corrected chi connectivity index (χ1v) is 10.4. The fourth-order valence-corrected chi connectivity index (χ4v) is 3.76. The van der Waals surface area contributed by atoms with E-state index in [0.29, 0.717) is 5.02 Å². The molecule has 26 heavy (non-hydrogen) atoms. The van der Waals surface area contributed by atoms with E-state index in [9.17, 15) is 13.2 Å². The number of carbonyl (C=O) groups is 1. The van der Waals surface area contributed by atoms with Crippen molar-refractivity contribution in [2.24, 2.45) is 0 Å². The second-order valence-electron chi connectivity index (χ2n) is 5.81. The molecule has 0 saturated carbocycles. The fraction of sp³-hybridized carbons (Fsp3) is 0.316. The summed E-state index contributed by atoms with van der Waals surface area (Å²) >= 11 is 5.77. The summed E-state index contributed by atoms with van der Waals surface area (Å²) in [6, 6.07) is 11.8. The van der Waals surface area contributed by atoms with E-state index >= 15 is 0 Å². The number of hydrogen-bond donors (Lipinski definition) is 2. The van der Waals surface area contributed by atoms with Crippen molar-refractivity contribution < 1.29 is 13.2 Å². The Morgan fingerprint density at radius 2 is 1.58 bits per heavy atom. The molecule has 0 atom stereocenters. The number of anilines is 1. The first kappa shape index (κ1) is 20.4. The van der Waals surface area contributed by atoms with Gasteiger partial charge < -0.3 is 5.32 Å². The fourth-order valence-electron chi connectivity index (χ4n) is 2.60. The van der Waals surface area contributed by atoms with Gasteiger partial charge in [-0.1, -0.05) is 43.6 Å². The van der Waals surface area contributed by atoms with Gasteiger partial charge in [0.05, 0.1) is 4.90 Å². The molecular formula is C19H23ClN2O3S. The molecule has 7 heteroatoms. The van der Waals surface area contributed by atoms with E-state index in [4.69, 9.17) is 11.6 Å². The van der Waals surface area contributed by atoms with Crippen LogP contribution in [0.5, 0.6) is 0 Å². The van der Waals surface area contributed by atoms with Crippen LogP contribution >= 0.6 is 11.6 Å². The Bertz CT molecular complexity index is 843. The summed E-state index contributed by atoms with van der Waals surface area (Å²) in [5, 5.41) is 3.39. The van der Waals surface area contributed by atoms with Gasteiger partial charge >= 0.3 is 0 Å². The van der Waals surface area contributed by atoms with Gasteiger partial charge in [0.15, 0.2) is 0 Å². The number of rotatable bonds is 8. The van der Waals surface area contributed by atoms with Gasteiger partial charge in [-0.15, -0.1) is 0 Å². The van der Waals surface area contributed by atoms with Crippen molar-refractivity contribution in [1.82, 2.24) is 4.72 Å². The molecule has 0 heterocycles.